The van der Waals surface area contributed by atoms with E-state index < -0.39 is 35.6 Å². The molecule has 138 valence electrons. The monoisotopic (exact) mass is 365 g/mol. The Balaban J connectivity index is 2.44. The fraction of sp³-hybridized carbons (Fsp3) is 0.467. The molecule has 5 nitrogen and oxygen atoms in total. The highest BCUT2D eigenvalue weighted by Gasteiger charge is 2.49. The molecule has 2 aromatic rings. The first kappa shape index (κ1) is 19.3. The molecule has 0 radical (unpaired) electrons. The summed E-state index contributed by atoms with van der Waals surface area (Å²) in [5.74, 6) is -1.78. The Morgan fingerprint density at radius 3 is 2.40 bits per heavy atom. The van der Waals surface area contributed by atoms with Gasteiger partial charge in [0.2, 0.25) is 0 Å². The summed E-state index contributed by atoms with van der Waals surface area (Å²) in [5.41, 5.74) is -4.16. The van der Waals surface area contributed by atoms with Gasteiger partial charge in [0.05, 0.1) is 12.2 Å². The lowest BCUT2D eigenvalue weighted by Crippen LogP contribution is -2.48. The Morgan fingerprint density at radius 2 is 1.88 bits per heavy atom. The molecule has 0 saturated heterocycles. The van der Waals surface area contributed by atoms with E-state index in [1.165, 1.54) is 6.92 Å². The molecule has 1 heterocycles. The number of aromatic nitrogens is 3. The van der Waals surface area contributed by atoms with Crippen molar-refractivity contribution in [1.29, 1.82) is 0 Å². The van der Waals surface area contributed by atoms with Gasteiger partial charge in [-0.05, 0) is 13.0 Å². The Morgan fingerprint density at radius 1 is 1.20 bits per heavy atom. The van der Waals surface area contributed by atoms with E-state index >= 15 is 0 Å². The zero-order valence-corrected chi connectivity index (χ0v) is 13.4. The van der Waals surface area contributed by atoms with Crippen molar-refractivity contribution in [1.82, 2.24) is 15.2 Å². The summed E-state index contributed by atoms with van der Waals surface area (Å²) >= 11 is 0. The largest absolute Gasteiger partial charge is 0.522 e. The Kier molecular flexibility index (Phi) is 5.14. The Labute approximate surface area is 139 Å². The van der Waals surface area contributed by atoms with Crippen molar-refractivity contribution >= 4 is 0 Å². The number of hydrogen-bond acceptors (Lipinski definition) is 4. The van der Waals surface area contributed by atoms with Crippen LogP contribution < -0.4 is 0 Å². The maximum Gasteiger partial charge on any atom is 0.522 e. The fourth-order valence-corrected chi connectivity index (χ4v) is 2.50. The van der Waals surface area contributed by atoms with Crippen molar-refractivity contribution in [2.75, 3.05) is 6.61 Å². The molecule has 25 heavy (non-hydrogen) atoms. The van der Waals surface area contributed by atoms with Crippen LogP contribution in [0.15, 0.2) is 24.5 Å². The highest BCUT2D eigenvalue weighted by atomic mass is 19.4. The zero-order chi connectivity index (χ0) is 18.9. The molecule has 0 aliphatic carbocycles. The van der Waals surface area contributed by atoms with Crippen LogP contribution in [-0.2, 0) is 16.8 Å². The minimum Gasteiger partial charge on any atom is -0.385 e. The molecule has 10 heteroatoms. The van der Waals surface area contributed by atoms with Gasteiger partial charge in [0.1, 0.15) is 23.8 Å². The van der Waals surface area contributed by atoms with Crippen LogP contribution in [0.25, 0.3) is 0 Å². The third-order valence-electron chi connectivity index (χ3n) is 4.21. The number of aliphatic hydroxyl groups is 1. The predicted molar refractivity (Wildman–Crippen MR) is 76.1 cm³/mol. The summed E-state index contributed by atoms with van der Waals surface area (Å²) < 4.78 is 68.7. The molecule has 0 bridgehead atoms. The summed E-state index contributed by atoms with van der Waals surface area (Å²) in [6, 6.07) is 2.44. The number of halogens is 5. The van der Waals surface area contributed by atoms with Gasteiger partial charge in [-0.25, -0.2) is 13.8 Å². The highest BCUT2D eigenvalue weighted by Crippen LogP contribution is 2.44. The molecule has 1 aromatic heterocycles. The van der Waals surface area contributed by atoms with Gasteiger partial charge in [0, 0.05) is 23.5 Å². The minimum atomic E-state index is -4.94. The van der Waals surface area contributed by atoms with E-state index in [0.29, 0.717) is 6.07 Å². The standard InChI is InChI=1S/C15H16F5N3O2/c1-13(7-25-15(18,19)20,6-12-21-8-22-23-12)14(2,24)10-4-3-9(16)5-11(10)17/h3-5,8,24H,6-7H2,1-2H3,(H,21,22,23). The number of H-pyrrole nitrogens is 1. The smallest absolute Gasteiger partial charge is 0.385 e. The molecule has 2 rings (SSSR count). The Hall–Kier alpha value is -2.07. The summed E-state index contributed by atoms with van der Waals surface area (Å²) in [6.45, 7) is 1.44. The fourth-order valence-electron chi connectivity index (χ4n) is 2.50. The Bertz CT molecular complexity index is 718. The van der Waals surface area contributed by atoms with Crippen LogP contribution in [0.4, 0.5) is 22.0 Å². The molecule has 1 aromatic carbocycles. The maximum absolute atomic E-state index is 14.1. The summed E-state index contributed by atoms with van der Waals surface area (Å²) in [4.78, 5) is 3.82. The topological polar surface area (TPSA) is 71.0 Å². The van der Waals surface area contributed by atoms with Crippen molar-refractivity contribution in [3.8, 4) is 0 Å². The minimum absolute atomic E-state index is 0.177. The number of benzene rings is 1. The van der Waals surface area contributed by atoms with Gasteiger partial charge in [0.25, 0.3) is 0 Å². The third-order valence-corrected chi connectivity index (χ3v) is 4.21. The van der Waals surface area contributed by atoms with Gasteiger partial charge < -0.3 is 5.11 Å². The second kappa shape index (κ2) is 6.68. The van der Waals surface area contributed by atoms with Crippen LogP contribution in [0.2, 0.25) is 0 Å². The normalized spacial score (nSPS) is 17.1. The van der Waals surface area contributed by atoms with Gasteiger partial charge in [-0.1, -0.05) is 13.0 Å². The molecule has 0 saturated carbocycles. The molecule has 2 N–H and O–H groups in total. The van der Waals surface area contributed by atoms with E-state index in [1.54, 1.807) is 0 Å². The van der Waals surface area contributed by atoms with Crippen molar-refractivity contribution < 1.29 is 31.8 Å². The van der Waals surface area contributed by atoms with Crippen LogP contribution in [0, 0.1) is 17.0 Å². The van der Waals surface area contributed by atoms with Gasteiger partial charge in [-0.15, -0.1) is 13.2 Å². The van der Waals surface area contributed by atoms with E-state index in [9.17, 15) is 27.1 Å². The second-order valence-electron chi connectivity index (χ2n) is 6.10. The first-order chi connectivity index (χ1) is 11.4. The number of hydrogen-bond donors (Lipinski definition) is 2. The van der Waals surface area contributed by atoms with E-state index in [1.807, 2.05) is 0 Å². The number of nitrogens with zero attached hydrogens (tertiary/aromatic N) is 2. The van der Waals surface area contributed by atoms with Crippen LogP contribution in [0.1, 0.15) is 25.2 Å². The molecule has 2 atom stereocenters. The number of aromatic amines is 1. The number of rotatable bonds is 6. The number of ether oxygens (including phenoxy) is 1. The first-order valence-electron chi connectivity index (χ1n) is 7.17. The maximum atomic E-state index is 14.1. The molecule has 0 aliphatic heterocycles. The highest BCUT2D eigenvalue weighted by molar-refractivity contribution is 5.27. The number of alkyl halides is 3. The summed E-state index contributed by atoms with van der Waals surface area (Å²) in [7, 11) is 0. The van der Waals surface area contributed by atoms with Crippen LogP contribution in [-0.4, -0.2) is 33.3 Å². The van der Waals surface area contributed by atoms with Gasteiger partial charge in [-0.2, -0.15) is 5.10 Å². The summed E-state index contributed by atoms with van der Waals surface area (Å²) in [6.07, 6.45) is -4.03. The lowest BCUT2D eigenvalue weighted by Gasteiger charge is -2.42. The molecule has 2 unspecified atom stereocenters. The average molecular weight is 365 g/mol. The molecule has 0 aliphatic rings. The zero-order valence-electron chi connectivity index (χ0n) is 13.4. The average Bonchev–Trinajstić information content (AvgIpc) is 2.96. The van der Waals surface area contributed by atoms with Crippen molar-refractivity contribution in [3.05, 3.63) is 47.5 Å². The van der Waals surface area contributed by atoms with Crippen molar-refractivity contribution in [2.24, 2.45) is 5.41 Å². The first-order valence-corrected chi connectivity index (χ1v) is 7.17. The lowest BCUT2D eigenvalue weighted by molar-refractivity contribution is -0.339. The van der Waals surface area contributed by atoms with Crippen LogP contribution in [0.3, 0.4) is 0 Å². The molecular weight excluding hydrogens is 349 g/mol. The van der Waals surface area contributed by atoms with Crippen molar-refractivity contribution in [3.63, 3.8) is 0 Å². The van der Waals surface area contributed by atoms with Crippen LogP contribution >= 0.6 is 0 Å². The molecular formula is C15H16F5N3O2. The number of nitrogens with one attached hydrogen (secondary N) is 1. The van der Waals surface area contributed by atoms with Crippen molar-refractivity contribution in [2.45, 2.75) is 32.2 Å². The van der Waals surface area contributed by atoms with E-state index in [2.05, 4.69) is 19.9 Å². The van der Waals surface area contributed by atoms with Gasteiger partial charge in [0.15, 0.2) is 0 Å². The van der Waals surface area contributed by atoms with E-state index in [-0.39, 0.29) is 17.8 Å². The quantitative estimate of drug-likeness (QED) is 0.772. The lowest BCUT2D eigenvalue weighted by atomic mass is 9.68. The van der Waals surface area contributed by atoms with Crippen LogP contribution in [0.5, 0.6) is 0 Å². The van der Waals surface area contributed by atoms with Gasteiger partial charge >= 0.3 is 6.36 Å². The summed E-state index contributed by atoms with van der Waals surface area (Å²) in [5, 5.41) is 17.0. The molecule has 0 fully saturated rings. The SMILES string of the molecule is CC(COC(F)(F)F)(Cc1ncn[nH]1)C(C)(O)c1ccc(F)cc1F. The van der Waals surface area contributed by atoms with E-state index in [4.69, 9.17) is 0 Å². The van der Waals surface area contributed by atoms with E-state index in [0.717, 1.165) is 25.4 Å². The second-order valence-corrected chi connectivity index (χ2v) is 6.10. The molecule has 0 spiro atoms. The predicted octanol–water partition coefficient (Wildman–Crippen LogP) is 3.08. The molecule has 0 amide bonds. The van der Waals surface area contributed by atoms with Gasteiger partial charge in [-0.3, -0.25) is 9.84 Å². The third kappa shape index (κ3) is 4.31.